The van der Waals surface area contributed by atoms with Gasteiger partial charge in [0.15, 0.2) is 0 Å². The first kappa shape index (κ1) is 19.3. The van der Waals surface area contributed by atoms with Crippen LogP contribution in [0.2, 0.25) is 0 Å². The molecule has 134 valence electrons. The van der Waals surface area contributed by atoms with Crippen LogP contribution in [0.15, 0.2) is 40.9 Å². The zero-order valence-corrected chi connectivity index (χ0v) is 16.1. The highest BCUT2D eigenvalue weighted by atomic mass is 79.9. The molecule has 0 unspecified atom stereocenters. The van der Waals surface area contributed by atoms with Crippen LogP contribution in [0.1, 0.15) is 28.4 Å². The number of carbonyl (C=O) groups excluding carboxylic acids is 1. The van der Waals surface area contributed by atoms with Crippen molar-refractivity contribution in [3.8, 4) is 11.5 Å². The summed E-state index contributed by atoms with van der Waals surface area (Å²) in [4.78, 5) is 12.3. The van der Waals surface area contributed by atoms with Gasteiger partial charge in [-0.15, -0.1) is 0 Å². The number of esters is 1. The molecule has 0 saturated carbocycles. The summed E-state index contributed by atoms with van der Waals surface area (Å²) in [7, 11) is 3.15. The van der Waals surface area contributed by atoms with Gasteiger partial charge in [-0.25, -0.2) is 4.79 Å². The maximum absolute atomic E-state index is 12.3. The summed E-state index contributed by atoms with van der Waals surface area (Å²) in [6, 6.07) is 11.2. The molecule has 0 N–H and O–H groups in total. The standard InChI is InChI=1S/C19H21BrO5/c1-4-25-19(21)18-15(16(20)9-10-17(18)23-3)12-24-11-13-5-7-14(22-2)8-6-13/h5-10H,4,11-12H2,1-3H3. The van der Waals surface area contributed by atoms with Crippen molar-refractivity contribution in [3.63, 3.8) is 0 Å². The number of hydrogen-bond donors (Lipinski definition) is 0. The van der Waals surface area contributed by atoms with Gasteiger partial charge >= 0.3 is 5.97 Å². The van der Waals surface area contributed by atoms with Crippen LogP contribution >= 0.6 is 15.9 Å². The molecule has 0 fully saturated rings. The molecular formula is C19H21BrO5. The molecule has 6 heteroatoms. The van der Waals surface area contributed by atoms with E-state index < -0.39 is 5.97 Å². The zero-order chi connectivity index (χ0) is 18.2. The van der Waals surface area contributed by atoms with Crippen LogP contribution in [0.3, 0.4) is 0 Å². The highest BCUT2D eigenvalue weighted by molar-refractivity contribution is 9.10. The normalized spacial score (nSPS) is 10.4. The lowest BCUT2D eigenvalue weighted by molar-refractivity contribution is 0.0512. The molecule has 0 saturated heterocycles. The van der Waals surface area contributed by atoms with Crippen LogP contribution in [0, 0.1) is 0 Å². The first-order chi connectivity index (χ1) is 12.1. The Morgan fingerprint density at radius 3 is 2.32 bits per heavy atom. The molecule has 2 aromatic rings. The highest BCUT2D eigenvalue weighted by Gasteiger charge is 2.21. The van der Waals surface area contributed by atoms with Gasteiger partial charge in [-0.1, -0.05) is 28.1 Å². The lowest BCUT2D eigenvalue weighted by atomic mass is 10.1. The maximum atomic E-state index is 12.3. The van der Waals surface area contributed by atoms with Gasteiger partial charge in [-0.2, -0.15) is 0 Å². The Morgan fingerprint density at radius 2 is 1.72 bits per heavy atom. The molecule has 5 nitrogen and oxygen atoms in total. The van der Waals surface area contributed by atoms with Gasteiger partial charge in [-0.3, -0.25) is 0 Å². The Bertz CT molecular complexity index is 712. The molecule has 0 bridgehead atoms. The summed E-state index contributed by atoms with van der Waals surface area (Å²) in [5, 5.41) is 0. The SMILES string of the molecule is CCOC(=O)c1c(OC)ccc(Br)c1COCc1ccc(OC)cc1. The second-order valence-corrected chi connectivity index (χ2v) is 6.02. The Morgan fingerprint density at radius 1 is 1.00 bits per heavy atom. The van der Waals surface area contributed by atoms with Gasteiger partial charge in [0.05, 0.1) is 34.0 Å². The van der Waals surface area contributed by atoms with Crippen LogP contribution in [0.5, 0.6) is 11.5 Å². The maximum Gasteiger partial charge on any atom is 0.342 e. The summed E-state index contributed by atoms with van der Waals surface area (Å²) in [6.45, 7) is 2.72. The van der Waals surface area contributed by atoms with Crippen molar-refractivity contribution in [2.45, 2.75) is 20.1 Å². The quantitative estimate of drug-likeness (QED) is 0.607. The number of benzene rings is 2. The van der Waals surface area contributed by atoms with Crippen LogP contribution in [0.25, 0.3) is 0 Å². The third kappa shape index (κ3) is 4.96. The van der Waals surface area contributed by atoms with Crippen LogP contribution < -0.4 is 9.47 Å². The molecule has 2 aromatic carbocycles. The van der Waals surface area contributed by atoms with E-state index in [2.05, 4.69) is 15.9 Å². The minimum absolute atomic E-state index is 0.248. The van der Waals surface area contributed by atoms with Crippen molar-refractivity contribution in [3.05, 3.63) is 57.6 Å². The minimum atomic E-state index is -0.427. The van der Waals surface area contributed by atoms with E-state index in [9.17, 15) is 4.79 Å². The van der Waals surface area contributed by atoms with E-state index >= 15 is 0 Å². The topological polar surface area (TPSA) is 54.0 Å². The monoisotopic (exact) mass is 408 g/mol. The van der Waals surface area contributed by atoms with Crippen LogP contribution in [0.4, 0.5) is 0 Å². The summed E-state index contributed by atoms with van der Waals surface area (Å²) < 4.78 is 22.2. The predicted molar refractivity (Wildman–Crippen MR) is 98.1 cm³/mol. The number of hydrogen-bond acceptors (Lipinski definition) is 5. The van der Waals surface area contributed by atoms with E-state index in [0.717, 1.165) is 15.8 Å². The number of carbonyl (C=O) groups is 1. The molecule has 0 amide bonds. The van der Waals surface area contributed by atoms with Crippen LogP contribution in [-0.2, 0) is 22.7 Å². The molecule has 0 aromatic heterocycles. The first-order valence-electron chi connectivity index (χ1n) is 7.83. The summed E-state index contributed by atoms with van der Waals surface area (Å²) in [5.74, 6) is 0.831. The van der Waals surface area contributed by atoms with Gasteiger partial charge in [0, 0.05) is 10.0 Å². The summed E-state index contributed by atoms with van der Waals surface area (Å²) in [5.41, 5.74) is 2.09. The molecule has 0 aliphatic rings. The van der Waals surface area contributed by atoms with E-state index in [4.69, 9.17) is 18.9 Å². The van der Waals surface area contributed by atoms with Gasteiger partial charge in [0.25, 0.3) is 0 Å². The third-order valence-electron chi connectivity index (χ3n) is 3.59. The Hall–Kier alpha value is -2.05. The van der Waals surface area contributed by atoms with Gasteiger partial charge in [0.1, 0.15) is 17.1 Å². The predicted octanol–water partition coefficient (Wildman–Crippen LogP) is 4.36. The average Bonchev–Trinajstić information content (AvgIpc) is 2.63. The lowest BCUT2D eigenvalue weighted by Crippen LogP contribution is -2.12. The van der Waals surface area contributed by atoms with Crippen LogP contribution in [-0.4, -0.2) is 26.8 Å². The minimum Gasteiger partial charge on any atom is -0.497 e. The van der Waals surface area contributed by atoms with Crippen molar-refractivity contribution in [1.82, 2.24) is 0 Å². The zero-order valence-electron chi connectivity index (χ0n) is 14.5. The average molecular weight is 409 g/mol. The number of rotatable bonds is 8. The molecule has 0 aliphatic heterocycles. The van der Waals surface area contributed by atoms with Gasteiger partial charge in [0.2, 0.25) is 0 Å². The van der Waals surface area contributed by atoms with E-state index in [0.29, 0.717) is 30.1 Å². The van der Waals surface area contributed by atoms with E-state index in [1.807, 2.05) is 30.3 Å². The first-order valence-corrected chi connectivity index (χ1v) is 8.63. The Labute approximate surface area is 156 Å². The molecule has 0 spiro atoms. The van der Waals surface area contributed by atoms with Gasteiger partial charge < -0.3 is 18.9 Å². The summed E-state index contributed by atoms with van der Waals surface area (Å²) in [6.07, 6.45) is 0. The second-order valence-electron chi connectivity index (χ2n) is 5.16. The van der Waals surface area contributed by atoms with Gasteiger partial charge in [-0.05, 0) is 36.8 Å². The van der Waals surface area contributed by atoms with E-state index in [-0.39, 0.29) is 6.61 Å². The molecule has 0 atom stereocenters. The van der Waals surface area contributed by atoms with E-state index in [1.165, 1.54) is 7.11 Å². The number of halogens is 1. The fourth-order valence-electron chi connectivity index (χ4n) is 2.33. The van der Waals surface area contributed by atoms with Crippen molar-refractivity contribution >= 4 is 21.9 Å². The summed E-state index contributed by atoms with van der Waals surface area (Å²) >= 11 is 3.48. The number of methoxy groups -OCH3 is 2. The van der Waals surface area contributed by atoms with Crippen molar-refractivity contribution in [2.75, 3.05) is 20.8 Å². The lowest BCUT2D eigenvalue weighted by Gasteiger charge is -2.15. The molecule has 0 radical (unpaired) electrons. The molecule has 25 heavy (non-hydrogen) atoms. The molecule has 0 heterocycles. The smallest absolute Gasteiger partial charge is 0.342 e. The Kier molecular flexibility index (Phi) is 7.28. The number of ether oxygens (including phenoxy) is 4. The fraction of sp³-hybridized carbons (Fsp3) is 0.316. The van der Waals surface area contributed by atoms with Crippen molar-refractivity contribution in [1.29, 1.82) is 0 Å². The van der Waals surface area contributed by atoms with Crippen molar-refractivity contribution < 1.29 is 23.7 Å². The van der Waals surface area contributed by atoms with Crippen molar-refractivity contribution in [2.24, 2.45) is 0 Å². The molecule has 2 rings (SSSR count). The van der Waals surface area contributed by atoms with E-state index in [1.54, 1.807) is 20.1 Å². The largest absolute Gasteiger partial charge is 0.497 e. The molecule has 0 aliphatic carbocycles. The molecular weight excluding hydrogens is 388 g/mol. The fourth-order valence-corrected chi connectivity index (χ4v) is 2.78. The third-order valence-corrected chi connectivity index (χ3v) is 4.33. The highest BCUT2D eigenvalue weighted by Crippen LogP contribution is 2.30. The second kappa shape index (κ2) is 9.44. The Balaban J connectivity index is 2.15.